The molecule has 17 heavy (non-hydrogen) atoms. The Kier molecular flexibility index (Phi) is 4.90. The van der Waals surface area contributed by atoms with E-state index in [2.05, 4.69) is 5.32 Å². The fraction of sp³-hybridized carbons (Fsp3) is 0.364. The Bertz CT molecular complexity index is 409. The van der Waals surface area contributed by atoms with Crippen molar-refractivity contribution in [3.63, 3.8) is 0 Å². The molecule has 0 aliphatic heterocycles. The molecule has 0 aliphatic rings. The predicted octanol–water partition coefficient (Wildman–Crippen LogP) is 2.24. The predicted molar refractivity (Wildman–Crippen MR) is 65.3 cm³/mol. The van der Waals surface area contributed by atoms with Gasteiger partial charge in [0.25, 0.3) is 0 Å². The molecule has 0 aliphatic carbocycles. The Balaban J connectivity index is 2.83. The van der Waals surface area contributed by atoms with E-state index in [0.29, 0.717) is 28.8 Å². The van der Waals surface area contributed by atoms with Gasteiger partial charge in [-0.25, -0.2) is 0 Å². The normalized spacial score (nSPS) is 9.82. The molecule has 2 N–H and O–H groups in total. The molecule has 1 aromatic rings. The molecular formula is C11H14ClNO4. The third kappa shape index (κ3) is 3.71. The molecule has 0 spiro atoms. The number of nitrogens with one attached hydrogen (secondary N) is 1. The van der Waals surface area contributed by atoms with Crippen LogP contribution in [0.25, 0.3) is 0 Å². The highest BCUT2D eigenvalue weighted by molar-refractivity contribution is 6.32. The molecule has 0 radical (unpaired) electrons. The zero-order chi connectivity index (χ0) is 12.8. The summed E-state index contributed by atoms with van der Waals surface area (Å²) >= 11 is 5.96. The van der Waals surface area contributed by atoms with Crippen LogP contribution in [0.3, 0.4) is 0 Å². The summed E-state index contributed by atoms with van der Waals surface area (Å²) in [5, 5.41) is 11.9. The first kappa shape index (κ1) is 13.4. The third-order valence-electron chi connectivity index (χ3n) is 2.13. The van der Waals surface area contributed by atoms with Crippen LogP contribution < -0.4 is 14.8 Å². The third-order valence-corrected chi connectivity index (χ3v) is 2.42. The van der Waals surface area contributed by atoms with Gasteiger partial charge < -0.3 is 19.9 Å². The molecule has 0 fully saturated rings. The van der Waals surface area contributed by atoms with Crippen molar-refractivity contribution >= 4 is 23.3 Å². The average Bonchev–Trinajstić information content (AvgIpc) is 2.29. The number of halogens is 1. The number of methoxy groups -OCH3 is 2. The summed E-state index contributed by atoms with van der Waals surface area (Å²) in [7, 11) is 3.03. The minimum atomic E-state index is -0.865. The molecular weight excluding hydrogens is 246 g/mol. The fourth-order valence-electron chi connectivity index (χ4n) is 1.30. The van der Waals surface area contributed by atoms with Crippen molar-refractivity contribution in [1.29, 1.82) is 0 Å². The SMILES string of the molecule is COc1cc(OC)c(NCCC(=O)O)cc1Cl. The maximum Gasteiger partial charge on any atom is 0.305 e. The number of hydrogen-bond acceptors (Lipinski definition) is 4. The van der Waals surface area contributed by atoms with E-state index in [0.717, 1.165) is 0 Å². The number of ether oxygens (including phenoxy) is 2. The van der Waals surface area contributed by atoms with E-state index < -0.39 is 5.97 Å². The maximum absolute atomic E-state index is 10.4. The molecule has 0 heterocycles. The van der Waals surface area contributed by atoms with Gasteiger partial charge in [0, 0.05) is 12.6 Å². The van der Waals surface area contributed by atoms with Gasteiger partial charge in [-0.1, -0.05) is 11.6 Å². The summed E-state index contributed by atoms with van der Waals surface area (Å²) < 4.78 is 10.2. The Labute approximate surface area is 104 Å². The Morgan fingerprint density at radius 2 is 2.00 bits per heavy atom. The molecule has 0 bridgehead atoms. The minimum Gasteiger partial charge on any atom is -0.495 e. The van der Waals surface area contributed by atoms with Crippen molar-refractivity contribution in [2.45, 2.75) is 6.42 Å². The minimum absolute atomic E-state index is 0.0206. The largest absolute Gasteiger partial charge is 0.495 e. The van der Waals surface area contributed by atoms with E-state index in [1.807, 2.05) is 0 Å². The zero-order valence-corrected chi connectivity index (χ0v) is 10.4. The molecule has 0 saturated heterocycles. The quantitative estimate of drug-likeness (QED) is 0.820. The van der Waals surface area contributed by atoms with Crippen molar-refractivity contribution in [3.05, 3.63) is 17.2 Å². The molecule has 0 saturated carbocycles. The van der Waals surface area contributed by atoms with Crippen LogP contribution in [-0.4, -0.2) is 31.8 Å². The first-order valence-electron chi connectivity index (χ1n) is 4.95. The second-order valence-electron chi connectivity index (χ2n) is 3.26. The van der Waals surface area contributed by atoms with Gasteiger partial charge in [-0.05, 0) is 6.07 Å². The number of carboxylic acid groups (broad SMARTS) is 1. The lowest BCUT2D eigenvalue weighted by Crippen LogP contribution is -2.08. The van der Waals surface area contributed by atoms with Gasteiger partial charge in [-0.3, -0.25) is 4.79 Å². The molecule has 1 rings (SSSR count). The van der Waals surface area contributed by atoms with E-state index in [4.69, 9.17) is 26.2 Å². The average molecular weight is 260 g/mol. The van der Waals surface area contributed by atoms with E-state index >= 15 is 0 Å². The van der Waals surface area contributed by atoms with Gasteiger partial charge in [0.05, 0.1) is 31.4 Å². The lowest BCUT2D eigenvalue weighted by molar-refractivity contribution is -0.136. The molecule has 0 unspecified atom stereocenters. The highest BCUT2D eigenvalue weighted by Crippen LogP contribution is 2.35. The van der Waals surface area contributed by atoms with Crippen LogP contribution in [0.4, 0.5) is 5.69 Å². The Morgan fingerprint density at radius 1 is 1.35 bits per heavy atom. The van der Waals surface area contributed by atoms with Crippen molar-refractivity contribution < 1.29 is 19.4 Å². The first-order valence-corrected chi connectivity index (χ1v) is 5.33. The highest BCUT2D eigenvalue weighted by atomic mass is 35.5. The summed E-state index contributed by atoms with van der Waals surface area (Å²) in [5.41, 5.74) is 0.638. The standard InChI is InChI=1S/C11H14ClNO4/c1-16-9-6-10(17-2)8(5-7(9)12)13-4-3-11(14)15/h5-6,13H,3-4H2,1-2H3,(H,14,15). The molecule has 1 aromatic carbocycles. The number of hydrogen-bond donors (Lipinski definition) is 2. The number of carboxylic acids is 1. The van der Waals surface area contributed by atoms with Crippen LogP contribution in [-0.2, 0) is 4.79 Å². The van der Waals surface area contributed by atoms with Crippen molar-refractivity contribution in [2.75, 3.05) is 26.1 Å². The fourth-order valence-corrected chi connectivity index (χ4v) is 1.54. The monoisotopic (exact) mass is 259 g/mol. The number of carbonyl (C=O) groups is 1. The van der Waals surface area contributed by atoms with E-state index in [1.165, 1.54) is 14.2 Å². The Hall–Kier alpha value is -1.62. The summed E-state index contributed by atoms with van der Waals surface area (Å²) in [6.07, 6.45) is 0.0206. The Morgan fingerprint density at radius 3 is 2.53 bits per heavy atom. The molecule has 6 heteroatoms. The van der Waals surface area contributed by atoms with Gasteiger partial charge >= 0.3 is 5.97 Å². The summed E-state index contributed by atoms with van der Waals surface area (Å²) in [5.74, 6) is 0.194. The summed E-state index contributed by atoms with van der Waals surface area (Å²) in [4.78, 5) is 10.4. The lowest BCUT2D eigenvalue weighted by Gasteiger charge is -2.13. The first-order chi connectivity index (χ1) is 8.08. The smallest absolute Gasteiger partial charge is 0.305 e. The van der Waals surface area contributed by atoms with E-state index in [1.54, 1.807) is 12.1 Å². The van der Waals surface area contributed by atoms with Crippen LogP contribution in [0, 0.1) is 0 Å². The van der Waals surface area contributed by atoms with Gasteiger partial charge in [0.2, 0.25) is 0 Å². The second kappa shape index (κ2) is 6.20. The number of aliphatic carboxylic acids is 1. The molecule has 0 atom stereocenters. The number of rotatable bonds is 6. The van der Waals surface area contributed by atoms with Crippen LogP contribution in [0.15, 0.2) is 12.1 Å². The van der Waals surface area contributed by atoms with Crippen LogP contribution in [0.5, 0.6) is 11.5 Å². The van der Waals surface area contributed by atoms with Gasteiger partial charge in [0.15, 0.2) is 0 Å². The van der Waals surface area contributed by atoms with Crippen LogP contribution in [0.2, 0.25) is 5.02 Å². The number of anilines is 1. The summed E-state index contributed by atoms with van der Waals surface area (Å²) in [6.45, 7) is 0.300. The van der Waals surface area contributed by atoms with Crippen LogP contribution in [0.1, 0.15) is 6.42 Å². The topological polar surface area (TPSA) is 67.8 Å². The van der Waals surface area contributed by atoms with E-state index in [-0.39, 0.29) is 6.42 Å². The molecule has 5 nitrogen and oxygen atoms in total. The lowest BCUT2D eigenvalue weighted by atomic mass is 10.2. The highest BCUT2D eigenvalue weighted by Gasteiger charge is 2.09. The van der Waals surface area contributed by atoms with Gasteiger partial charge in [0.1, 0.15) is 11.5 Å². The number of benzene rings is 1. The summed E-state index contributed by atoms with van der Waals surface area (Å²) in [6, 6.07) is 3.28. The maximum atomic E-state index is 10.4. The van der Waals surface area contributed by atoms with Crippen molar-refractivity contribution in [3.8, 4) is 11.5 Å². The second-order valence-corrected chi connectivity index (χ2v) is 3.66. The van der Waals surface area contributed by atoms with Gasteiger partial charge in [-0.2, -0.15) is 0 Å². The molecule has 94 valence electrons. The van der Waals surface area contributed by atoms with E-state index in [9.17, 15) is 4.79 Å². The van der Waals surface area contributed by atoms with Gasteiger partial charge in [-0.15, -0.1) is 0 Å². The van der Waals surface area contributed by atoms with Crippen molar-refractivity contribution in [2.24, 2.45) is 0 Å². The zero-order valence-electron chi connectivity index (χ0n) is 9.62. The van der Waals surface area contributed by atoms with Crippen molar-refractivity contribution in [1.82, 2.24) is 0 Å². The molecule has 0 aromatic heterocycles. The molecule has 0 amide bonds. The van der Waals surface area contributed by atoms with Crippen LogP contribution >= 0.6 is 11.6 Å².